The maximum atomic E-state index is 12.5. The van der Waals surface area contributed by atoms with Crippen LogP contribution in [0.4, 0.5) is 0 Å². The lowest BCUT2D eigenvalue weighted by Crippen LogP contribution is -2.32. The van der Waals surface area contributed by atoms with Gasteiger partial charge in [-0.25, -0.2) is 4.79 Å². The van der Waals surface area contributed by atoms with Crippen LogP contribution in [-0.2, 0) is 10.3 Å². The predicted octanol–water partition coefficient (Wildman–Crippen LogP) is 6.08. The lowest BCUT2D eigenvalue weighted by Gasteiger charge is -2.36. The van der Waals surface area contributed by atoms with Crippen LogP contribution in [0.15, 0.2) is 60.7 Å². The predicted molar refractivity (Wildman–Crippen MR) is 118 cm³/mol. The third-order valence-corrected chi connectivity index (χ3v) is 5.69. The molecule has 6 heteroatoms. The second-order valence-corrected chi connectivity index (χ2v) is 7.85. The van der Waals surface area contributed by atoms with Gasteiger partial charge in [0.05, 0.1) is 5.56 Å². The zero-order chi connectivity index (χ0) is 22.0. The standard InChI is InChI=1S/C20H12O5.C5H11Cl/c21-11-5-7-15-17(9-11)24-18-10-12(22)6-8-16(18)20(15)14-4-2-1-3-13(14)19(23)25-20;1-2-3-4-5-6/h1-10,21-22H;2-5H2,1H3. The number of fused-ring (bicyclic) bond motifs is 6. The molecule has 3 aromatic rings. The van der Waals surface area contributed by atoms with Gasteiger partial charge in [-0.2, -0.15) is 0 Å². The van der Waals surface area contributed by atoms with Crippen LogP contribution in [0.3, 0.4) is 0 Å². The number of carbonyl (C=O) groups excluding carboxylic acids is 1. The average Bonchev–Trinajstić information content (AvgIpc) is 3.05. The average molecular weight is 439 g/mol. The minimum Gasteiger partial charge on any atom is -0.508 e. The molecule has 5 rings (SSSR count). The molecule has 31 heavy (non-hydrogen) atoms. The molecule has 0 aromatic heterocycles. The number of hydrogen-bond donors (Lipinski definition) is 2. The van der Waals surface area contributed by atoms with Gasteiger partial charge >= 0.3 is 5.97 Å². The van der Waals surface area contributed by atoms with Crippen molar-refractivity contribution in [2.45, 2.75) is 31.8 Å². The molecule has 2 heterocycles. The summed E-state index contributed by atoms with van der Waals surface area (Å²) in [6.45, 7) is 2.17. The molecule has 0 unspecified atom stereocenters. The first-order valence-corrected chi connectivity index (χ1v) is 10.8. The molecule has 0 amide bonds. The normalized spacial score (nSPS) is 14.5. The molecule has 0 aliphatic carbocycles. The van der Waals surface area contributed by atoms with Crippen LogP contribution in [0.5, 0.6) is 23.0 Å². The molecule has 5 nitrogen and oxygen atoms in total. The van der Waals surface area contributed by atoms with Crippen molar-refractivity contribution in [3.05, 3.63) is 82.9 Å². The summed E-state index contributed by atoms with van der Waals surface area (Å²) in [7, 11) is 0. The molecular weight excluding hydrogens is 416 g/mol. The number of alkyl halides is 1. The van der Waals surface area contributed by atoms with Gasteiger partial charge in [-0.15, -0.1) is 11.6 Å². The molecule has 0 fully saturated rings. The van der Waals surface area contributed by atoms with Crippen molar-refractivity contribution in [2.75, 3.05) is 5.88 Å². The summed E-state index contributed by atoms with van der Waals surface area (Å²) in [6.07, 6.45) is 3.73. The SMILES string of the molecule is CCCCCCl.O=C1OC2(c3ccc(O)cc3Oc3cc(O)ccc32)c2ccccc21. The summed E-state index contributed by atoms with van der Waals surface area (Å²) in [5.74, 6) is 1.24. The Hall–Kier alpha value is -3.18. The Morgan fingerprint density at radius 1 is 0.871 bits per heavy atom. The first kappa shape index (κ1) is 21.1. The van der Waals surface area contributed by atoms with E-state index < -0.39 is 11.6 Å². The lowest BCUT2D eigenvalue weighted by molar-refractivity contribution is 0.0224. The Bertz CT molecular complexity index is 1070. The molecule has 0 saturated heterocycles. The first-order valence-electron chi connectivity index (χ1n) is 10.2. The number of aromatic hydroxyl groups is 2. The highest BCUT2D eigenvalue weighted by molar-refractivity contribution is 6.17. The Balaban J connectivity index is 0.000000342. The van der Waals surface area contributed by atoms with Crippen LogP contribution >= 0.6 is 11.6 Å². The van der Waals surface area contributed by atoms with Gasteiger partial charge in [-0.3, -0.25) is 0 Å². The molecule has 0 atom stereocenters. The van der Waals surface area contributed by atoms with E-state index in [0.717, 1.165) is 5.88 Å². The number of carbonyl (C=O) groups is 1. The molecule has 0 saturated carbocycles. The van der Waals surface area contributed by atoms with Crippen molar-refractivity contribution >= 4 is 17.6 Å². The number of esters is 1. The van der Waals surface area contributed by atoms with Crippen LogP contribution in [0.25, 0.3) is 0 Å². The molecule has 160 valence electrons. The maximum Gasteiger partial charge on any atom is 0.340 e. The monoisotopic (exact) mass is 438 g/mol. The Morgan fingerprint density at radius 3 is 2.03 bits per heavy atom. The fourth-order valence-electron chi connectivity index (χ4n) is 4.00. The van der Waals surface area contributed by atoms with Gasteiger partial charge in [0.1, 0.15) is 23.0 Å². The van der Waals surface area contributed by atoms with Gasteiger partial charge in [0.2, 0.25) is 0 Å². The van der Waals surface area contributed by atoms with Crippen LogP contribution in [-0.4, -0.2) is 22.1 Å². The summed E-state index contributed by atoms with van der Waals surface area (Å²) in [5.41, 5.74) is 1.28. The molecule has 0 bridgehead atoms. The van der Waals surface area contributed by atoms with E-state index in [0.29, 0.717) is 33.8 Å². The zero-order valence-corrected chi connectivity index (χ0v) is 17.9. The first-order chi connectivity index (χ1) is 15.0. The van der Waals surface area contributed by atoms with Crippen LogP contribution in [0.1, 0.15) is 53.2 Å². The van der Waals surface area contributed by atoms with Gasteiger partial charge in [-0.05, 0) is 36.8 Å². The lowest BCUT2D eigenvalue weighted by atomic mass is 9.77. The Labute approximate surface area is 185 Å². The largest absolute Gasteiger partial charge is 0.508 e. The van der Waals surface area contributed by atoms with E-state index in [1.807, 2.05) is 12.1 Å². The number of rotatable bonds is 3. The van der Waals surface area contributed by atoms with Crippen molar-refractivity contribution in [2.24, 2.45) is 0 Å². The fraction of sp³-hybridized carbons (Fsp3) is 0.240. The number of phenolic OH excluding ortho intramolecular Hbond substituents is 2. The third kappa shape index (κ3) is 3.59. The molecule has 2 aliphatic heterocycles. The molecular formula is C25H23ClO5. The fourth-order valence-corrected chi connectivity index (χ4v) is 4.19. The third-order valence-electron chi connectivity index (χ3n) is 5.42. The Morgan fingerprint density at radius 2 is 1.48 bits per heavy atom. The number of unbranched alkanes of at least 4 members (excludes halogenated alkanes) is 2. The van der Waals surface area contributed by atoms with Gasteiger partial charge in [0.25, 0.3) is 0 Å². The van der Waals surface area contributed by atoms with Crippen LogP contribution in [0.2, 0.25) is 0 Å². The second kappa shape index (κ2) is 8.52. The van der Waals surface area contributed by atoms with E-state index in [1.54, 1.807) is 24.3 Å². The smallest absolute Gasteiger partial charge is 0.340 e. The number of halogens is 1. The van der Waals surface area contributed by atoms with E-state index in [9.17, 15) is 15.0 Å². The van der Waals surface area contributed by atoms with E-state index in [4.69, 9.17) is 21.1 Å². The molecule has 0 radical (unpaired) electrons. The van der Waals surface area contributed by atoms with E-state index in [1.165, 1.54) is 43.5 Å². The van der Waals surface area contributed by atoms with Gasteiger partial charge < -0.3 is 19.7 Å². The van der Waals surface area contributed by atoms with Crippen molar-refractivity contribution in [1.82, 2.24) is 0 Å². The van der Waals surface area contributed by atoms with E-state index >= 15 is 0 Å². The summed E-state index contributed by atoms with van der Waals surface area (Å²) in [4.78, 5) is 12.5. The van der Waals surface area contributed by atoms with Gasteiger partial charge in [0, 0.05) is 34.7 Å². The van der Waals surface area contributed by atoms with Crippen LogP contribution in [0, 0.1) is 0 Å². The zero-order valence-electron chi connectivity index (χ0n) is 17.1. The summed E-state index contributed by atoms with van der Waals surface area (Å²) >= 11 is 5.38. The summed E-state index contributed by atoms with van der Waals surface area (Å²) < 4.78 is 11.8. The van der Waals surface area contributed by atoms with E-state index in [2.05, 4.69) is 6.92 Å². The number of phenols is 2. The minimum absolute atomic E-state index is 0.0371. The highest BCUT2D eigenvalue weighted by atomic mass is 35.5. The highest BCUT2D eigenvalue weighted by Crippen LogP contribution is 2.56. The van der Waals surface area contributed by atoms with E-state index in [-0.39, 0.29) is 11.5 Å². The highest BCUT2D eigenvalue weighted by Gasteiger charge is 2.53. The summed E-state index contributed by atoms with van der Waals surface area (Å²) in [5, 5.41) is 19.7. The van der Waals surface area contributed by atoms with Crippen molar-refractivity contribution < 1.29 is 24.5 Å². The van der Waals surface area contributed by atoms with Gasteiger partial charge in [0.15, 0.2) is 5.60 Å². The molecule has 3 aromatic carbocycles. The van der Waals surface area contributed by atoms with Crippen molar-refractivity contribution in [1.29, 1.82) is 0 Å². The topological polar surface area (TPSA) is 76.0 Å². The minimum atomic E-state index is -1.17. The number of hydrogen-bond acceptors (Lipinski definition) is 5. The Kier molecular flexibility index (Phi) is 5.79. The molecule has 2 aliphatic rings. The molecule has 2 N–H and O–H groups in total. The van der Waals surface area contributed by atoms with Gasteiger partial charge in [-0.1, -0.05) is 38.0 Å². The number of benzene rings is 3. The maximum absolute atomic E-state index is 12.5. The second-order valence-electron chi connectivity index (χ2n) is 7.48. The van der Waals surface area contributed by atoms with Crippen LogP contribution < -0.4 is 4.74 Å². The quantitative estimate of drug-likeness (QED) is 0.294. The summed E-state index contributed by atoms with van der Waals surface area (Å²) in [6, 6.07) is 16.6. The van der Waals surface area contributed by atoms with Crippen molar-refractivity contribution in [3.63, 3.8) is 0 Å². The van der Waals surface area contributed by atoms with Crippen molar-refractivity contribution in [3.8, 4) is 23.0 Å². The number of ether oxygens (including phenoxy) is 2. The molecule has 1 spiro atoms.